The number of ether oxygens (including phenoxy) is 1. The molecule has 0 aliphatic carbocycles. The van der Waals surface area contributed by atoms with Gasteiger partial charge in [0.25, 0.3) is 0 Å². The van der Waals surface area contributed by atoms with Gasteiger partial charge < -0.3 is 21.1 Å². The summed E-state index contributed by atoms with van der Waals surface area (Å²) in [6.07, 6.45) is 1.59. The van der Waals surface area contributed by atoms with Crippen molar-refractivity contribution in [3.63, 3.8) is 0 Å². The minimum absolute atomic E-state index is 0.0435. The fourth-order valence-electron chi connectivity index (χ4n) is 2.85. The highest BCUT2D eigenvalue weighted by Crippen LogP contribution is 2.28. The second-order valence-electron chi connectivity index (χ2n) is 6.67. The molecule has 0 fully saturated rings. The Labute approximate surface area is 186 Å². The van der Waals surface area contributed by atoms with Gasteiger partial charge in [0.05, 0.1) is 27.9 Å². The average molecular weight is 456 g/mol. The minimum Gasteiger partial charge on any atom is -0.454 e. The Kier molecular flexibility index (Phi) is 6.11. The van der Waals surface area contributed by atoms with Crippen LogP contribution in [0.25, 0.3) is 11.0 Å². The number of hydrogen-bond donors (Lipinski definition) is 3. The van der Waals surface area contributed by atoms with Gasteiger partial charge >= 0.3 is 6.03 Å². The number of carbonyl (C=O) groups excluding carboxylic acids is 1. The summed E-state index contributed by atoms with van der Waals surface area (Å²) in [7, 11) is 0. The maximum absolute atomic E-state index is 14.5. The van der Waals surface area contributed by atoms with E-state index in [1.807, 2.05) is 0 Å². The summed E-state index contributed by atoms with van der Waals surface area (Å²) in [5.74, 6) is -1.04. The van der Waals surface area contributed by atoms with Gasteiger partial charge in [-0.2, -0.15) is 0 Å². The van der Waals surface area contributed by atoms with Crippen LogP contribution in [0.5, 0.6) is 11.5 Å². The number of urea groups is 1. The van der Waals surface area contributed by atoms with Crippen molar-refractivity contribution in [1.29, 1.82) is 0 Å². The summed E-state index contributed by atoms with van der Waals surface area (Å²) in [6.45, 7) is 0.248. The molecule has 4 N–H and O–H groups in total. The largest absolute Gasteiger partial charge is 0.454 e. The monoisotopic (exact) mass is 455 g/mol. The van der Waals surface area contributed by atoms with Crippen LogP contribution in [0.1, 0.15) is 5.69 Å². The first-order chi connectivity index (χ1) is 15.4. The molecule has 0 aliphatic heterocycles. The smallest absolute Gasteiger partial charge is 0.323 e. The van der Waals surface area contributed by atoms with Gasteiger partial charge in [-0.3, -0.25) is 4.98 Å². The summed E-state index contributed by atoms with van der Waals surface area (Å²) >= 11 is 5.61. The first kappa shape index (κ1) is 21.4. The number of aromatic nitrogens is 2. The van der Waals surface area contributed by atoms with E-state index in [4.69, 9.17) is 22.1 Å². The highest BCUT2D eigenvalue weighted by atomic mass is 35.5. The summed E-state index contributed by atoms with van der Waals surface area (Å²) in [4.78, 5) is 20.7. The summed E-state index contributed by atoms with van der Waals surface area (Å²) in [5, 5.41) is 4.83. The Morgan fingerprint density at radius 3 is 2.38 bits per heavy atom. The lowest BCUT2D eigenvalue weighted by Crippen LogP contribution is -2.19. The van der Waals surface area contributed by atoms with Gasteiger partial charge in [-0.15, -0.1) is 0 Å². The number of rotatable bonds is 5. The predicted molar refractivity (Wildman–Crippen MR) is 118 cm³/mol. The third kappa shape index (κ3) is 4.90. The van der Waals surface area contributed by atoms with Crippen LogP contribution in [-0.4, -0.2) is 16.0 Å². The van der Waals surface area contributed by atoms with Crippen molar-refractivity contribution in [1.82, 2.24) is 9.97 Å². The van der Waals surface area contributed by atoms with Gasteiger partial charge in [0.1, 0.15) is 11.6 Å². The van der Waals surface area contributed by atoms with E-state index in [2.05, 4.69) is 20.6 Å². The fourth-order valence-corrected chi connectivity index (χ4v) is 2.96. The molecule has 1 aromatic heterocycles. The van der Waals surface area contributed by atoms with Crippen molar-refractivity contribution >= 4 is 40.0 Å². The second-order valence-corrected chi connectivity index (χ2v) is 7.08. The third-order valence-corrected chi connectivity index (χ3v) is 4.67. The molecule has 2 amide bonds. The number of nitrogens with two attached hydrogens (primary N) is 1. The number of benzene rings is 3. The molecule has 0 atom stereocenters. The molecule has 0 bridgehead atoms. The number of anilines is 2. The van der Waals surface area contributed by atoms with Gasteiger partial charge in [-0.05, 0) is 42.5 Å². The molecule has 7 nitrogen and oxygen atoms in total. The number of nitrogens with zero attached hydrogens (tertiary/aromatic N) is 2. The van der Waals surface area contributed by atoms with Crippen LogP contribution in [0.2, 0.25) is 5.02 Å². The molecular weight excluding hydrogens is 440 g/mol. The van der Waals surface area contributed by atoms with Crippen molar-refractivity contribution in [3.05, 3.63) is 83.1 Å². The van der Waals surface area contributed by atoms with Crippen LogP contribution >= 0.6 is 11.6 Å². The Balaban J connectivity index is 1.45. The summed E-state index contributed by atoms with van der Waals surface area (Å²) in [5.41, 5.74) is 7.81. The van der Waals surface area contributed by atoms with Crippen molar-refractivity contribution in [2.45, 2.75) is 6.54 Å². The van der Waals surface area contributed by atoms with E-state index in [1.165, 1.54) is 24.3 Å². The SMILES string of the molecule is NCc1cnc2ccc(Oc3ccc(NC(=O)Nc4ccc(Cl)c(F)c4)cc3F)cc2n1. The molecule has 4 aromatic rings. The van der Waals surface area contributed by atoms with Crippen molar-refractivity contribution in [2.75, 3.05) is 10.6 Å². The lowest BCUT2D eigenvalue weighted by Gasteiger charge is -2.11. The van der Waals surface area contributed by atoms with E-state index in [-0.39, 0.29) is 28.7 Å². The zero-order valence-electron chi connectivity index (χ0n) is 16.4. The third-order valence-electron chi connectivity index (χ3n) is 4.37. The Bertz CT molecular complexity index is 1320. The summed E-state index contributed by atoms with van der Waals surface area (Å²) < 4.78 is 33.6. The van der Waals surface area contributed by atoms with E-state index in [9.17, 15) is 13.6 Å². The van der Waals surface area contributed by atoms with E-state index >= 15 is 0 Å². The zero-order chi connectivity index (χ0) is 22.7. The molecule has 32 heavy (non-hydrogen) atoms. The molecule has 1 heterocycles. The van der Waals surface area contributed by atoms with Crippen LogP contribution in [0.4, 0.5) is 25.0 Å². The van der Waals surface area contributed by atoms with Gasteiger partial charge in [0, 0.05) is 30.1 Å². The Morgan fingerprint density at radius 2 is 1.69 bits per heavy atom. The molecule has 0 aliphatic rings. The molecule has 4 rings (SSSR count). The van der Waals surface area contributed by atoms with E-state index in [0.717, 1.165) is 12.1 Å². The van der Waals surface area contributed by atoms with Gasteiger partial charge in [0.2, 0.25) is 0 Å². The van der Waals surface area contributed by atoms with Crippen LogP contribution in [0.15, 0.2) is 60.8 Å². The maximum atomic E-state index is 14.5. The standard InChI is InChI=1S/C22H16ClF2N5O2/c23-16-4-1-12(7-17(16)24)29-22(31)30-13-2-6-21(18(25)8-13)32-15-3-5-19-20(9-15)28-14(10-26)11-27-19/h1-9,11H,10,26H2,(H2,29,30,31). The predicted octanol–water partition coefficient (Wildman–Crippen LogP) is 5.46. The maximum Gasteiger partial charge on any atom is 0.323 e. The van der Waals surface area contributed by atoms with Crippen molar-refractivity contribution in [3.8, 4) is 11.5 Å². The normalized spacial score (nSPS) is 10.8. The lowest BCUT2D eigenvalue weighted by molar-refractivity contribution is 0.262. The van der Waals surface area contributed by atoms with Crippen LogP contribution < -0.4 is 21.1 Å². The summed E-state index contributed by atoms with van der Waals surface area (Å²) in [6, 6.07) is 12.1. The molecular formula is C22H16ClF2N5O2. The van der Waals surface area contributed by atoms with Gasteiger partial charge in [-0.1, -0.05) is 11.6 Å². The van der Waals surface area contributed by atoms with Gasteiger partial charge in [-0.25, -0.2) is 18.6 Å². The molecule has 0 spiro atoms. The molecule has 0 saturated carbocycles. The number of halogens is 3. The zero-order valence-corrected chi connectivity index (χ0v) is 17.2. The molecule has 10 heteroatoms. The van der Waals surface area contributed by atoms with E-state index < -0.39 is 17.7 Å². The van der Waals surface area contributed by atoms with Crippen LogP contribution in [0, 0.1) is 11.6 Å². The lowest BCUT2D eigenvalue weighted by atomic mass is 10.2. The highest BCUT2D eigenvalue weighted by Gasteiger charge is 2.11. The number of hydrogen-bond acceptors (Lipinski definition) is 5. The molecule has 0 radical (unpaired) electrons. The van der Waals surface area contributed by atoms with Crippen LogP contribution in [0.3, 0.4) is 0 Å². The number of fused-ring (bicyclic) bond motifs is 1. The molecule has 3 aromatic carbocycles. The number of amides is 2. The van der Waals surface area contributed by atoms with E-state index in [0.29, 0.717) is 22.5 Å². The van der Waals surface area contributed by atoms with Crippen LogP contribution in [-0.2, 0) is 6.54 Å². The molecule has 162 valence electrons. The average Bonchev–Trinajstić information content (AvgIpc) is 2.77. The quantitative estimate of drug-likeness (QED) is 0.371. The highest BCUT2D eigenvalue weighted by molar-refractivity contribution is 6.30. The number of carbonyl (C=O) groups is 1. The topological polar surface area (TPSA) is 102 Å². The van der Waals surface area contributed by atoms with Crippen molar-refractivity contribution < 1.29 is 18.3 Å². The first-order valence-electron chi connectivity index (χ1n) is 9.37. The van der Waals surface area contributed by atoms with Crippen molar-refractivity contribution in [2.24, 2.45) is 5.73 Å². The Hall–Kier alpha value is -3.82. The second kappa shape index (κ2) is 9.13. The molecule has 0 saturated heterocycles. The minimum atomic E-state index is -0.692. The molecule has 0 unspecified atom stereocenters. The van der Waals surface area contributed by atoms with Gasteiger partial charge in [0.15, 0.2) is 11.6 Å². The number of nitrogens with one attached hydrogen (secondary N) is 2. The van der Waals surface area contributed by atoms with E-state index in [1.54, 1.807) is 24.4 Å². The fraction of sp³-hybridized carbons (Fsp3) is 0.0455. The first-order valence-corrected chi connectivity index (χ1v) is 9.75. The Morgan fingerprint density at radius 1 is 0.969 bits per heavy atom.